The Bertz CT molecular complexity index is 1270. The van der Waals surface area contributed by atoms with Gasteiger partial charge in [0.25, 0.3) is 0 Å². The lowest BCUT2D eigenvalue weighted by Crippen LogP contribution is -2.11. The molecule has 0 saturated carbocycles. The Balaban J connectivity index is 2.09. The number of phenolic OH excluding ortho intramolecular Hbond substituents is 1. The SMILES string of the molecule is COc1cc2ccc3occ(-c4ccccc4C(F)(F)F)c(=O)c3c2cc1O. The fourth-order valence-corrected chi connectivity index (χ4v) is 3.28. The van der Waals surface area contributed by atoms with Gasteiger partial charge < -0.3 is 14.3 Å². The van der Waals surface area contributed by atoms with E-state index in [-0.39, 0.29) is 33.6 Å². The van der Waals surface area contributed by atoms with Crippen LogP contribution in [0, 0.1) is 0 Å². The Morgan fingerprint density at radius 1 is 1.04 bits per heavy atom. The lowest BCUT2D eigenvalue weighted by molar-refractivity contribution is -0.137. The Morgan fingerprint density at radius 3 is 2.50 bits per heavy atom. The van der Waals surface area contributed by atoms with Crippen LogP contribution in [0.3, 0.4) is 0 Å². The van der Waals surface area contributed by atoms with E-state index in [0.29, 0.717) is 10.8 Å². The van der Waals surface area contributed by atoms with Crippen molar-refractivity contribution in [2.24, 2.45) is 0 Å². The van der Waals surface area contributed by atoms with Gasteiger partial charge >= 0.3 is 6.18 Å². The number of aromatic hydroxyl groups is 1. The quantitative estimate of drug-likeness (QED) is 0.472. The van der Waals surface area contributed by atoms with Crippen LogP contribution in [0.25, 0.3) is 32.9 Å². The van der Waals surface area contributed by atoms with E-state index < -0.39 is 17.2 Å². The van der Waals surface area contributed by atoms with Crippen LogP contribution >= 0.6 is 0 Å². The van der Waals surface area contributed by atoms with Gasteiger partial charge in [-0.2, -0.15) is 13.2 Å². The van der Waals surface area contributed by atoms with Crippen LogP contribution in [-0.2, 0) is 6.18 Å². The summed E-state index contributed by atoms with van der Waals surface area (Å²) in [5, 5.41) is 11.1. The predicted octanol–water partition coefficient (Wildman–Crippen LogP) is 5.35. The number of ether oxygens (including phenoxy) is 1. The normalized spacial score (nSPS) is 11.9. The minimum atomic E-state index is -4.62. The molecule has 0 aliphatic rings. The Labute approximate surface area is 156 Å². The molecule has 0 aliphatic heterocycles. The number of benzene rings is 3. The van der Waals surface area contributed by atoms with Gasteiger partial charge in [0.1, 0.15) is 11.8 Å². The molecule has 3 aromatic carbocycles. The molecular formula is C21H13F3O4. The molecule has 0 atom stereocenters. The molecule has 1 aromatic heterocycles. The molecule has 0 saturated heterocycles. The summed E-state index contributed by atoms with van der Waals surface area (Å²) in [5.74, 6) is 0.0257. The van der Waals surface area contributed by atoms with Crippen LogP contribution in [0.5, 0.6) is 11.5 Å². The van der Waals surface area contributed by atoms with Gasteiger partial charge in [0.2, 0.25) is 5.43 Å². The molecule has 0 amide bonds. The standard InChI is InChI=1S/C21H13F3O4/c1-27-18-8-11-6-7-17-19(13(11)9-16(18)25)20(26)14(10-28-17)12-4-2-3-5-15(12)21(22,23)24/h2-10,25H,1H3. The monoisotopic (exact) mass is 386 g/mol. The number of methoxy groups -OCH3 is 1. The van der Waals surface area contributed by atoms with Crippen LogP contribution in [0.4, 0.5) is 13.2 Å². The number of phenols is 1. The molecular weight excluding hydrogens is 373 g/mol. The van der Waals surface area contributed by atoms with Crippen LogP contribution < -0.4 is 10.2 Å². The number of halogens is 3. The first-order valence-corrected chi connectivity index (χ1v) is 8.23. The lowest BCUT2D eigenvalue weighted by atomic mass is 9.97. The van der Waals surface area contributed by atoms with Crippen LogP contribution in [0.2, 0.25) is 0 Å². The molecule has 0 unspecified atom stereocenters. The van der Waals surface area contributed by atoms with Crippen molar-refractivity contribution < 1.29 is 27.4 Å². The van der Waals surface area contributed by atoms with E-state index in [1.165, 1.54) is 31.4 Å². The molecule has 1 N–H and O–H groups in total. The maximum atomic E-state index is 13.4. The first kappa shape index (κ1) is 17.9. The molecule has 1 heterocycles. The number of fused-ring (bicyclic) bond motifs is 3. The van der Waals surface area contributed by atoms with Gasteiger partial charge in [-0.25, -0.2) is 0 Å². The minimum Gasteiger partial charge on any atom is -0.504 e. The molecule has 0 bridgehead atoms. The topological polar surface area (TPSA) is 59.7 Å². The predicted molar refractivity (Wildman–Crippen MR) is 98.6 cm³/mol. The molecule has 28 heavy (non-hydrogen) atoms. The summed E-state index contributed by atoms with van der Waals surface area (Å²) in [5.41, 5.74) is -1.81. The summed E-state index contributed by atoms with van der Waals surface area (Å²) in [6, 6.07) is 10.9. The third kappa shape index (κ3) is 2.76. The molecule has 4 nitrogen and oxygen atoms in total. The van der Waals surface area contributed by atoms with Crippen LogP contribution in [-0.4, -0.2) is 12.2 Å². The van der Waals surface area contributed by atoms with Gasteiger partial charge in [-0.1, -0.05) is 24.3 Å². The average Bonchev–Trinajstić information content (AvgIpc) is 2.67. The first-order valence-electron chi connectivity index (χ1n) is 8.23. The summed E-state index contributed by atoms with van der Waals surface area (Å²) in [6.07, 6.45) is -3.59. The molecule has 4 rings (SSSR count). The van der Waals surface area contributed by atoms with Gasteiger partial charge in [-0.3, -0.25) is 4.79 Å². The fourth-order valence-electron chi connectivity index (χ4n) is 3.28. The smallest absolute Gasteiger partial charge is 0.417 e. The van der Waals surface area contributed by atoms with E-state index in [1.54, 1.807) is 18.2 Å². The zero-order valence-electron chi connectivity index (χ0n) is 14.5. The molecule has 0 radical (unpaired) electrons. The highest BCUT2D eigenvalue weighted by Crippen LogP contribution is 2.38. The summed E-state index contributed by atoms with van der Waals surface area (Å²) in [4.78, 5) is 13.1. The molecule has 4 aromatic rings. The number of hydrogen-bond donors (Lipinski definition) is 1. The highest BCUT2D eigenvalue weighted by molar-refractivity contribution is 6.07. The van der Waals surface area contributed by atoms with E-state index in [0.717, 1.165) is 12.3 Å². The summed E-state index contributed by atoms with van der Waals surface area (Å²) >= 11 is 0. The van der Waals surface area contributed by atoms with Crippen LogP contribution in [0.15, 0.2) is 64.0 Å². The van der Waals surface area contributed by atoms with Crippen molar-refractivity contribution in [2.75, 3.05) is 7.11 Å². The Morgan fingerprint density at radius 2 is 1.79 bits per heavy atom. The van der Waals surface area contributed by atoms with Crippen molar-refractivity contribution in [1.82, 2.24) is 0 Å². The largest absolute Gasteiger partial charge is 0.504 e. The van der Waals surface area contributed by atoms with Crippen molar-refractivity contribution in [3.8, 4) is 22.6 Å². The van der Waals surface area contributed by atoms with Gasteiger partial charge in [-0.05, 0) is 29.7 Å². The van der Waals surface area contributed by atoms with Crippen molar-refractivity contribution in [3.63, 3.8) is 0 Å². The maximum absolute atomic E-state index is 13.4. The molecule has 142 valence electrons. The molecule has 0 spiro atoms. The highest BCUT2D eigenvalue weighted by Gasteiger charge is 2.34. The second kappa shape index (κ2) is 6.30. The van der Waals surface area contributed by atoms with Crippen molar-refractivity contribution in [1.29, 1.82) is 0 Å². The first-order chi connectivity index (χ1) is 13.3. The van der Waals surface area contributed by atoms with E-state index in [4.69, 9.17) is 9.15 Å². The number of alkyl halides is 3. The average molecular weight is 386 g/mol. The third-order valence-corrected chi connectivity index (χ3v) is 4.58. The van der Waals surface area contributed by atoms with Gasteiger partial charge in [0.15, 0.2) is 11.5 Å². The van der Waals surface area contributed by atoms with Crippen molar-refractivity contribution >= 4 is 21.7 Å². The lowest BCUT2D eigenvalue weighted by Gasteiger charge is -2.13. The second-order valence-corrected chi connectivity index (χ2v) is 6.21. The van der Waals surface area contributed by atoms with E-state index in [2.05, 4.69) is 0 Å². The highest BCUT2D eigenvalue weighted by atomic mass is 19.4. The fraction of sp³-hybridized carbons (Fsp3) is 0.0952. The van der Waals surface area contributed by atoms with Gasteiger partial charge in [-0.15, -0.1) is 0 Å². The zero-order valence-corrected chi connectivity index (χ0v) is 14.5. The maximum Gasteiger partial charge on any atom is 0.417 e. The van der Waals surface area contributed by atoms with E-state index >= 15 is 0 Å². The number of rotatable bonds is 2. The molecule has 0 aliphatic carbocycles. The van der Waals surface area contributed by atoms with Crippen LogP contribution in [0.1, 0.15) is 5.56 Å². The molecule has 0 fully saturated rings. The number of hydrogen-bond acceptors (Lipinski definition) is 4. The molecule has 7 heteroatoms. The second-order valence-electron chi connectivity index (χ2n) is 6.21. The Hall–Kier alpha value is -3.48. The van der Waals surface area contributed by atoms with Crippen molar-refractivity contribution in [2.45, 2.75) is 6.18 Å². The zero-order chi connectivity index (χ0) is 20.1. The summed E-state index contributed by atoms with van der Waals surface area (Å²) < 4.78 is 50.7. The van der Waals surface area contributed by atoms with Crippen molar-refractivity contribution in [3.05, 3.63) is 70.6 Å². The summed E-state index contributed by atoms with van der Waals surface area (Å²) in [6.45, 7) is 0. The minimum absolute atomic E-state index is 0.0879. The van der Waals surface area contributed by atoms with E-state index in [1.807, 2.05) is 0 Å². The van der Waals surface area contributed by atoms with Gasteiger partial charge in [0, 0.05) is 10.9 Å². The van der Waals surface area contributed by atoms with Gasteiger partial charge in [0.05, 0.1) is 23.6 Å². The summed E-state index contributed by atoms with van der Waals surface area (Å²) in [7, 11) is 1.39. The van der Waals surface area contributed by atoms with E-state index in [9.17, 15) is 23.1 Å². The third-order valence-electron chi connectivity index (χ3n) is 4.58. The Kier molecular flexibility index (Phi) is 4.03.